The first-order valence-corrected chi connectivity index (χ1v) is 11.1. The van der Waals surface area contributed by atoms with Gasteiger partial charge >= 0.3 is 0 Å². The number of carbonyl (C=O) groups excluding carboxylic acids is 1. The van der Waals surface area contributed by atoms with E-state index in [4.69, 9.17) is 0 Å². The van der Waals surface area contributed by atoms with Crippen LogP contribution >= 0.6 is 0 Å². The molecule has 0 spiro atoms. The van der Waals surface area contributed by atoms with Crippen LogP contribution in [0.1, 0.15) is 38.2 Å². The van der Waals surface area contributed by atoms with Crippen molar-refractivity contribution in [3.05, 3.63) is 88.0 Å². The molecule has 0 aliphatic carbocycles. The number of anilines is 2. The highest BCUT2D eigenvalue weighted by Crippen LogP contribution is 2.24. The average Bonchev–Trinajstić information content (AvgIpc) is 2.68. The molecule has 3 aromatic carbocycles. The average molecular weight is 423 g/mol. The van der Waals surface area contributed by atoms with Crippen LogP contribution in [0.5, 0.6) is 0 Å². The molecule has 0 radical (unpaired) electrons. The Balaban J connectivity index is 1.91. The molecule has 0 unspecified atom stereocenters. The predicted octanol–water partition coefficient (Wildman–Crippen LogP) is 5.28. The van der Waals surface area contributed by atoms with Crippen molar-refractivity contribution < 1.29 is 13.2 Å². The summed E-state index contributed by atoms with van der Waals surface area (Å²) < 4.78 is 28.6. The SMILES string of the molecule is Cc1ccc(NS(=O)(=O)c2cc(C(=O)Nc3cccc(C)c3C)ccc2C)cc1C. The van der Waals surface area contributed by atoms with E-state index in [9.17, 15) is 13.2 Å². The fourth-order valence-electron chi connectivity index (χ4n) is 3.13. The molecule has 5 nitrogen and oxygen atoms in total. The third-order valence-electron chi connectivity index (χ3n) is 5.35. The number of carbonyl (C=O) groups is 1. The Hall–Kier alpha value is -3.12. The summed E-state index contributed by atoms with van der Waals surface area (Å²) in [4.78, 5) is 12.9. The summed E-state index contributed by atoms with van der Waals surface area (Å²) in [6.07, 6.45) is 0. The third kappa shape index (κ3) is 4.54. The molecule has 0 saturated heterocycles. The van der Waals surface area contributed by atoms with Gasteiger partial charge in [-0.15, -0.1) is 0 Å². The highest BCUT2D eigenvalue weighted by atomic mass is 32.2. The van der Waals surface area contributed by atoms with Crippen molar-refractivity contribution in [3.8, 4) is 0 Å². The topological polar surface area (TPSA) is 75.3 Å². The Kier molecular flexibility index (Phi) is 5.99. The van der Waals surface area contributed by atoms with Gasteiger partial charge < -0.3 is 5.32 Å². The predicted molar refractivity (Wildman–Crippen MR) is 122 cm³/mol. The highest BCUT2D eigenvalue weighted by Gasteiger charge is 2.20. The van der Waals surface area contributed by atoms with E-state index >= 15 is 0 Å². The molecule has 0 atom stereocenters. The number of amides is 1. The molecule has 1 amide bonds. The second kappa shape index (κ2) is 8.32. The number of nitrogens with one attached hydrogen (secondary N) is 2. The minimum absolute atomic E-state index is 0.0781. The zero-order valence-corrected chi connectivity index (χ0v) is 18.6. The lowest BCUT2D eigenvalue weighted by atomic mass is 10.1. The van der Waals surface area contributed by atoms with E-state index in [1.807, 2.05) is 52.0 Å². The van der Waals surface area contributed by atoms with Gasteiger partial charge in [0.15, 0.2) is 0 Å². The summed E-state index contributed by atoms with van der Waals surface area (Å²) in [6.45, 7) is 9.51. The minimum atomic E-state index is -3.85. The molecule has 156 valence electrons. The number of sulfonamides is 1. The van der Waals surface area contributed by atoms with E-state index in [1.165, 1.54) is 6.07 Å². The van der Waals surface area contributed by atoms with Gasteiger partial charge in [0, 0.05) is 16.9 Å². The molecule has 6 heteroatoms. The number of rotatable bonds is 5. The molecule has 0 heterocycles. The molecule has 0 bridgehead atoms. The Labute approximate surface area is 178 Å². The van der Waals surface area contributed by atoms with Crippen molar-refractivity contribution in [2.24, 2.45) is 0 Å². The van der Waals surface area contributed by atoms with Gasteiger partial charge in [-0.1, -0.05) is 24.3 Å². The second-order valence-electron chi connectivity index (χ2n) is 7.59. The van der Waals surface area contributed by atoms with E-state index < -0.39 is 10.0 Å². The van der Waals surface area contributed by atoms with Crippen LogP contribution in [-0.4, -0.2) is 14.3 Å². The Morgan fingerprint density at radius 2 is 1.47 bits per heavy atom. The van der Waals surface area contributed by atoms with Crippen molar-refractivity contribution in [2.75, 3.05) is 10.0 Å². The summed E-state index contributed by atoms with van der Waals surface area (Å²) in [6, 6.07) is 15.8. The Morgan fingerprint density at radius 3 is 2.17 bits per heavy atom. The molecule has 0 aliphatic heterocycles. The maximum atomic E-state index is 13.0. The molecule has 3 aromatic rings. The number of hydrogen-bond acceptors (Lipinski definition) is 3. The first-order valence-electron chi connectivity index (χ1n) is 9.67. The van der Waals surface area contributed by atoms with E-state index in [0.29, 0.717) is 16.9 Å². The molecule has 30 heavy (non-hydrogen) atoms. The summed E-state index contributed by atoms with van der Waals surface area (Å²) in [5, 5.41) is 2.87. The lowest BCUT2D eigenvalue weighted by Gasteiger charge is -2.14. The number of aryl methyl sites for hydroxylation is 4. The molecular formula is C24H26N2O3S. The normalized spacial score (nSPS) is 11.2. The van der Waals surface area contributed by atoms with Gasteiger partial charge in [-0.2, -0.15) is 0 Å². The standard InChI is InChI=1S/C24H26N2O3S/c1-15-10-12-21(13-18(15)4)26-30(28,29)23-14-20(11-9-17(23)3)24(27)25-22-8-6-7-16(2)19(22)5/h6-14,26H,1-5H3,(H,25,27). The molecule has 3 rings (SSSR count). The molecule has 0 aliphatic rings. The second-order valence-corrected chi connectivity index (χ2v) is 9.24. The van der Waals surface area contributed by atoms with Crippen LogP contribution in [0, 0.1) is 34.6 Å². The maximum Gasteiger partial charge on any atom is 0.262 e. The van der Waals surface area contributed by atoms with Gasteiger partial charge in [-0.25, -0.2) is 8.42 Å². The van der Waals surface area contributed by atoms with Crippen LogP contribution in [-0.2, 0) is 10.0 Å². The monoisotopic (exact) mass is 422 g/mol. The maximum absolute atomic E-state index is 13.0. The summed E-state index contributed by atoms with van der Waals surface area (Å²) >= 11 is 0. The first kappa shape index (κ1) is 21.6. The Morgan fingerprint density at radius 1 is 0.767 bits per heavy atom. The van der Waals surface area contributed by atoms with Gasteiger partial charge in [-0.05, 0) is 92.8 Å². The van der Waals surface area contributed by atoms with Gasteiger partial charge in [0.25, 0.3) is 15.9 Å². The van der Waals surface area contributed by atoms with Crippen molar-refractivity contribution >= 4 is 27.3 Å². The van der Waals surface area contributed by atoms with Crippen LogP contribution < -0.4 is 10.0 Å². The van der Waals surface area contributed by atoms with Crippen LogP contribution in [0.4, 0.5) is 11.4 Å². The lowest BCUT2D eigenvalue weighted by molar-refractivity contribution is 0.102. The summed E-state index contributed by atoms with van der Waals surface area (Å²) in [7, 11) is -3.85. The molecule has 0 aromatic heterocycles. The van der Waals surface area contributed by atoms with E-state index in [2.05, 4.69) is 10.0 Å². The third-order valence-corrected chi connectivity index (χ3v) is 6.88. The van der Waals surface area contributed by atoms with E-state index in [-0.39, 0.29) is 16.4 Å². The van der Waals surface area contributed by atoms with Crippen LogP contribution in [0.15, 0.2) is 59.5 Å². The van der Waals surface area contributed by atoms with Gasteiger partial charge in [-0.3, -0.25) is 9.52 Å². The van der Waals surface area contributed by atoms with E-state index in [1.54, 1.807) is 31.2 Å². The molecule has 0 fully saturated rings. The molecule has 0 saturated carbocycles. The summed E-state index contributed by atoms with van der Waals surface area (Å²) in [5.74, 6) is -0.355. The van der Waals surface area contributed by atoms with Gasteiger partial charge in [0.1, 0.15) is 0 Å². The van der Waals surface area contributed by atoms with Crippen molar-refractivity contribution in [3.63, 3.8) is 0 Å². The molecular weight excluding hydrogens is 396 g/mol. The van der Waals surface area contributed by atoms with Gasteiger partial charge in [0.05, 0.1) is 4.90 Å². The van der Waals surface area contributed by atoms with Crippen LogP contribution in [0.25, 0.3) is 0 Å². The Bertz CT molecular complexity index is 1230. The fraction of sp³-hybridized carbons (Fsp3) is 0.208. The quantitative estimate of drug-likeness (QED) is 0.587. The van der Waals surface area contributed by atoms with Crippen molar-refractivity contribution in [1.29, 1.82) is 0 Å². The van der Waals surface area contributed by atoms with Crippen molar-refractivity contribution in [2.45, 2.75) is 39.5 Å². The van der Waals surface area contributed by atoms with Crippen molar-refractivity contribution in [1.82, 2.24) is 0 Å². The zero-order valence-electron chi connectivity index (χ0n) is 17.8. The fourth-order valence-corrected chi connectivity index (χ4v) is 4.45. The lowest BCUT2D eigenvalue weighted by Crippen LogP contribution is -2.17. The van der Waals surface area contributed by atoms with Crippen LogP contribution in [0.2, 0.25) is 0 Å². The number of hydrogen-bond donors (Lipinski definition) is 2. The summed E-state index contributed by atoms with van der Waals surface area (Å²) in [5.41, 5.74) is 6.16. The zero-order chi connectivity index (χ0) is 22.1. The molecule has 2 N–H and O–H groups in total. The highest BCUT2D eigenvalue weighted by molar-refractivity contribution is 7.92. The minimum Gasteiger partial charge on any atom is -0.322 e. The first-order chi connectivity index (χ1) is 14.1. The van der Waals surface area contributed by atoms with E-state index in [0.717, 1.165) is 22.3 Å². The van der Waals surface area contributed by atoms with Crippen LogP contribution in [0.3, 0.4) is 0 Å². The van der Waals surface area contributed by atoms with Gasteiger partial charge in [0.2, 0.25) is 0 Å². The largest absolute Gasteiger partial charge is 0.322 e. The smallest absolute Gasteiger partial charge is 0.262 e. The number of benzene rings is 3.